The SMILES string of the molecule is O=C1NC(=Nc2ccccc2Cl)S/C1=C/c1ccc2nccnc2c1. The Kier molecular flexibility index (Phi) is 4.21. The van der Waals surface area contributed by atoms with Gasteiger partial charge in [-0.2, -0.15) is 0 Å². The molecule has 3 aromatic rings. The monoisotopic (exact) mass is 366 g/mol. The molecular weight excluding hydrogens is 356 g/mol. The van der Waals surface area contributed by atoms with Crippen LogP contribution in [0.4, 0.5) is 5.69 Å². The molecule has 2 heterocycles. The number of amidine groups is 1. The summed E-state index contributed by atoms with van der Waals surface area (Å²) in [6, 6.07) is 12.9. The molecule has 0 radical (unpaired) electrons. The number of nitrogens with zero attached hydrogens (tertiary/aromatic N) is 3. The van der Waals surface area contributed by atoms with Crippen LogP contribution < -0.4 is 5.32 Å². The van der Waals surface area contributed by atoms with Crippen LogP contribution in [0.15, 0.2) is 64.8 Å². The van der Waals surface area contributed by atoms with E-state index in [1.54, 1.807) is 24.5 Å². The predicted octanol–water partition coefficient (Wildman–Crippen LogP) is 4.17. The Morgan fingerprint density at radius 2 is 1.88 bits per heavy atom. The summed E-state index contributed by atoms with van der Waals surface area (Å²) >= 11 is 7.38. The molecule has 1 fully saturated rings. The van der Waals surface area contributed by atoms with E-state index in [0.29, 0.717) is 20.8 Å². The van der Waals surface area contributed by atoms with Crippen LogP contribution in [0.1, 0.15) is 5.56 Å². The van der Waals surface area contributed by atoms with Gasteiger partial charge in [-0.15, -0.1) is 0 Å². The minimum Gasteiger partial charge on any atom is -0.300 e. The number of fused-ring (bicyclic) bond motifs is 1. The van der Waals surface area contributed by atoms with E-state index in [4.69, 9.17) is 11.6 Å². The maximum Gasteiger partial charge on any atom is 0.264 e. The molecule has 0 bridgehead atoms. The van der Waals surface area contributed by atoms with Gasteiger partial charge >= 0.3 is 0 Å². The number of carbonyl (C=O) groups excluding carboxylic acids is 1. The van der Waals surface area contributed by atoms with Crippen molar-refractivity contribution in [2.24, 2.45) is 4.99 Å². The van der Waals surface area contributed by atoms with Crippen molar-refractivity contribution in [2.45, 2.75) is 0 Å². The van der Waals surface area contributed by atoms with Gasteiger partial charge in [0.2, 0.25) is 0 Å². The number of hydrogen-bond acceptors (Lipinski definition) is 5. The number of hydrogen-bond donors (Lipinski definition) is 1. The molecular formula is C18H11ClN4OS. The van der Waals surface area contributed by atoms with Crippen LogP contribution >= 0.6 is 23.4 Å². The Balaban J connectivity index is 1.63. The predicted molar refractivity (Wildman–Crippen MR) is 102 cm³/mol. The van der Waals surface area contributed by atoms with E-state index in [0.717, 1.165) is 16.6 Å². The lowest BCUT2D eigenvalue weighted by Gasteiger charge is -1.99. The average molecular weight is 367 g/mol. The summed E-state index contributed by atoms with van der Waals surface area (Å²) in [7, 11) is 0. The summed E-state index contributed by atoms with van der Waals surface area (Å²) in [5, 5.41) is 3.80. The van der Waals surface area contributed by atoms with Gasteiger partial charge in [0.1, 0.15) is 0 Å². The van der Waals surface area contributed by atoms with E-state index in [2.05, 4.69) is 20.3 Å². The molecule has 5 nitrogen and oxygen atoms in total. The van der Waals surface area contributed by atoms with Crippen LogP contribution in [-0.2, 0) is 4.79 Å². The van der Waals surface area contributed by atoms with E-state index >= 15 is 0 Å². The standard InChI is InChI=1S/C18H11ClN4OS/c19-12-3-1-2-4-13(12)22-18-23-17(24)16(25-18)10-11-5-6-14-15(9-11)21-8-7-20-14/h1-10H,(H,22,23,24)/b16-10+. The van der Waals surface area contributed by atoms with E-state index in [1.165, 1.54) is 11.8 Å². The van der Waals surface area contributed by atoms with Gasteiger partial charge in [-0.1, -0.05) is 29.8 Å². The Labute approximate surface area is 152 Å². The van der Waals surface area contributed by atoms with E-state index < -0.39 is 0 Å². The van der Waals surface area contributed by atoms with Crippen molar-refractivity contribution in [3.05, 3.63) is 70.3 Å². The highest BCUT2D eigenvalue weighted by atomic mass is 35.5. The molecule has 0 aliphatic carbocycles. The molecule has 25 heavy (non-hydrogen) atoms. The number of rotatable bonds is 2. The molecule has 122 valence electrons. The number of aliphatic imine (C=N–C) groups is 1. The zero-order valence-corrected chi connectivity index (χ0v) is 14.4. The fourth-order valence-electron chi connectivity index (χ4n) is 2.35. The molecule has 0 spiro atoms. The molecule has 0 atom stereocenters. The average Bonchev–Trinajstić information content (AvgIpc) is 2.96. The molecule has 2 aromatic carbocycles. The van der Waals surface area contributed by atoms with Crippen LogP contribution in [0.2, 0.25) is 5.02 Å². The van der Waals surface area contributed by atoms with Crippen molar-refractivity contribution in [2.75, 3.05) is 0 Å². The number of benzene rings is 2. The molecule has 1 saturated heterocycles. The van der Waals surface area contributed by atoms with Crippen LogP contribution in [0, 0.1) is 0 Å². The first-order chi connectivity index (χ1) is 12.2. The molecule has 0 unspecified atom stereocenters. The van der Waals surface area contributed by atoms with Crippen LogP contribution in [0.5, 0.6) is 0 Å². The number of thioether (sulfide) groups is 1. The zero-order chi connectivity index (χ0) is 17.2. The van der Waals surface area contributed by atoms with Gasteiger partial charge in [0.25, 0.3) is 5.91 Å². The number of halogens is 1. The van der Waals surface area contributed by atoms with Gasteiger partial charge in [0.05, 0.1) is 26.6 Å². The Bertz CT molecular complexity index is 1050. The Morgan fingerprint density at radius 1 is 1.08 bits per heavy atom. The largest absolute Gasteiger partial charge is 0.300 e. The number of amides is 1. The summed E-state index contributed by atoms with van der Waals surface area (Å²) in [6.45, 7) is 0. The van der Waals surface area contributed by atoms with Gasteiger partial charge < -0.3 is 5.32 Å². The smallest absolute Gasteiger partial charge is 0.264 e. The lowest BCUT2D eigenvalue weighted by atomic mass is 10.2. The van der Waals surface area contributed by atoms with Crippen molar-refractivity contribution in [1.29, 1.82) is 0 Å². The van der Waals surface area contributed by atoms with Crippen molar-refractivity contribution < 1.29 is 4.79 Å². The first-order valence-corrected chi connectivity index (χ1v) is 8.63. The first kappa shape index (κ1) is 15.8. The second-order valence-corrected chi connectivity index (χ2v) is 6.68. The second-order valence-electron chi connectivity index (χ2n) is 5.24. The number of carbonyl (C=O) groups is 1. The van der Waals surface area contributed by atoms with Crippen molar-refractivity contribution in [3.63, 3.8) is 0 Å². The van der Waals surface area contributed by atoms with Crippen LogP contribution in [0.25, 0.3) is 17.1 Å². The number of para-hydroxylation sites is 1. The molecule has 1 N–H and O–H groups in total. The summed E-state index contributed by atoms with van der Waals surface area (Å²) in [4.78, 5) is 25.7. The minimum atomic E-state index is -0.185. The number of aromatic nitrogens is 2. The van der Waals surface area contributed by atoms with Gasteiger partial charge in [0.15, 0.2) is 5.17 Å². The summed E-state index contributed by atoms with van der Waals surface area (Å²) in [5.41, 5.74) is 3.10. The summed E-state index contributed by atoms with van der Waals surface area (Å²) in [6.07, 6.45) is 5.10. The highest BCUT2D eigenvalue weighted by molar-refractivity contribution is 8.18. The normalized spacial score (nSPS) is 17.4. The molecule has 1 aliphatic rings. The van der Waals surface area contributed by atoms with E-state index in [9.17, 15) is 4.79 Å². The molecule has 7 heteroatoms. The molecule has 1 aromatic heterocycles. The Morgan fingerprint density at radius 3 is 2.72 bits per heavy atom. The molecule has 0 saturated carbocycles. The van der Waals surface area contributed by atoms with Crippen LogP contribution in [0.3, 0.4) is 0 Å². The van der Waals surface area contributed by atoms with Crippen molar-refractivity contribution in [1.82, 2.24) is 15.3 Å². The highest BCUT2D eigenvalue weighted by Gasteiger charge is 2.24. The topological polar surface area (TPSA) is 67.2 Å². The van der Waals surface area contributed by atoms with Crippen molar-refractivity contribution in [3.8, 4) is 0 Å². The third-order valence-corrected chi connectivity index (χ3v) is 4.75. The quantitative estimate of drug-likeness (QED) is 0.691. The third-order valence-electron chi connectivity index (χ3n) is 3.52. The summed E-state index contributed by atoms with van der Waals surface area (Å²) in [5.74, 6) is -0.185. The lowest BCUT2D eigenvalue weighted by molar-refractivity contribution is -0.115. The van der Waals surface area contributed by atoms with E-state index in [1.807, 2.05) is 36.4 Å². The van der Waals surface area contributed by atoms with Gasteiger partial charge in [0, 0.05) is 12.4 Å². The maximum atomic E-state index is 12.2. The maximum absolute atomic E-state index is 12.2. The molecule has 1 aliphatic heterocycles. The number of nitrogens with one attached hydrogen (secondary N) is 1. The van der Waals surface area contributed by atoms with Crippen LogP contribution in [-0.4, -0.2) is 21.0 Å². The fraction of sp³-hybridized carbons (Fsp3) is 0. The van der Waals surface area contributed by atoms with Gasteiger partial charge in [-0.25, -0.2) is 4.99 Å². The molecule has 1 amide bonds. The zero-order valence-electron chi connectivity index (χ0n) is 12.8. The summed E-state index contributed by atoms with van der Waals surface area (Å²) < 4.78 is 0. The van der Waals surface area contributed by atoms with Gasteiger partial charge in [-0.3, -0.25) is 14.8 Å². The lowest BCUT2D eigenvalue weighted by Crippen LogP contribution is -2.19. The minimum absolute atomic E-state index is 0.185. The van der Waals surface area contributed by atoms with Gasteiger partial charge in [-0.05, 0) is 47.7 Å². The van der Waals surface area contributed by atoms with E-state index in [-0.39, 0.29) is 5.91 Å². The molecule has 4 rings (SSSR count). The highest BCUT2D eigenvalue weighted by Crippen LogP contribution is 2.30. The first-order valence-electron chi connectivity index (χ1n) is 7.44. The Hall–Kier alpha value is -2.70. The second kappa shape index (κ2) is 6.66. The third kappa shape index (κ3) is 3.40. The van der Waals surface area contributed by atoms with Crippen molar-refractivity contribution >= 4 is 57.2 Å². The fourth-order valence-corrected chi connectivity index (χ4v) is 3.37.